The number of rotatable bonds is 4. The molecule has 0 atom stereocenters. The lowest BCUT2D eigenvalue weighted by molar-refractivity contribution is 0.0784. The number of hydrogen-bond donors (Lipinski definition) is 1. The molecule has 3 aromatic rings. The number of pyridine rings is 1. The van der Waals surface area contributed by atoms with Crippen LogP contribution in [0.4, 0.5) is 0 Å². The minimum Gasteiger partial charge on any atom is -0.339 e. The highest BCUT2D eigenvalue weighted by Gasteiger charge is 2.30. The van der Waals surface area contributed by atoms with Crippen LogP contribution in [0.2, 0.25) is 0 Å². The first-order chi connectivity index (χ1) is 13.1. The largest absolute Gasteiger partial charge is 0.339 e. The van der Waals surface area contributed by atoms with Crippen LogP contribution in [0.25, 0.3) is 16.9 Å². The Hall–Kier alpha value is -3.66. The van der Waals surface area contributed by atoms with Crippen LogP contribution < -0.4 is 5.56 Å². The van der Waals surface area contributed by atoms with Crippen LogP contribution >= 0.6 is 0 Å². The van der Waals surface area contributed by atoms with E-state index in [0.717, 1.165) is 12.8 Å². The van der Waals surface area contributed by atoms with E-state index in [4.69, 9.17) is 5.26 Å². The summed E-state index contributed by atoms with van der Waals surface area (Å²) in [5.41, 5.74) is 1.98. The highest BCUT2D eigenvalue weighted by Crippen LogP contribution is 2.26. The third kappa shape index (κ3) is 3.13. The number of benzene rings is 1. The van der Waals surface area contributed by atoms with Crippen molar-refractivity contribution >= 4 is 5.91 Å². The van der Waals surface area contributed by atoms with Crippen molar-refractivity contribution in [2.45, 2.75) is 18.9 Å². The van der Waals surface area contributed by atoms with E-state index in [1.54, 1.807) is 54.5 Å². The van der Waals surface area contributed by atoms with Crippen molar-refractivity contribution in [3.63, 3.8) is 0 Å². The number of amides is 1. The van der Waals surface area contributed by atoms with Gasteiger partial charge in [0.2, 0.25) is 0 Å². The molecule has 0 unspecified atom stereocenters. The highest BCUT2D eigenvalue weighted by molar-refractivity contribution is 5.94. The lowest BCUT2D eigenvalue weighted by atomic mass is 10.1. The fourth-order valence-corrected chi connectivity index (χ4v) is 2.95. The number of aromatic amines is 1. The van der Waals surface area contributed by atoms with Crippen molar-refractivity contribution in [1.29, 1.82) is 5.26 Å². The van der Waals surface area contributed by atoms with Crippen LogP contribution in [0.1, 0.15) is 28.8 Å². The lowest BCUT2D eigenvalue weighted by Gasteiger charge is -2.15. The minimum absolute atomic E-state index is 0.0614. The first kappa shape index (κ1) is 16.8. The van der Waals surface area contributed by atoms with Gasteiger partial charge < -0.3 is 4.90 Å². The number of nitrogens with one attached hydrogen (secondary N) is 1. The molecule has 0 bridgehead atoms. The summed E-state index contributed by atoms with van der Waals surface area (Å²) >= 11 is 0. The minimum atomic E-state index is -0.249. The molecule has 2 heterocycles. The Morgan fingerprint density at radius 3 is 2.59 bits per heavy atom. The molecular weight excluding hydrogens is 342 g/mol. The Morgan fingerprint density at radius 2 is 2.00 bits per heavy atom. The predicted molar refractivity (Wildman–Crippen MR) is 99.5 cm³/mol. The molecule has 1 aliphatic rings. The number of hydrogen-bond acceptors (Lipinski definition) is 4. The standard InChI is InChI=1S/C20H17N5O2/c1-24(16-7-8-16)19(26)15-6-9-18(22-11-15)25-20(27)17(12-23-25)14-4-2-13(10-21)3-5-14/h2-6,9,11-12,16,23H,7-8H2,1H3. The van der Waals surface area contributed by atoms with Crippen molar-refractivity contribution in [2.24, 2.45) is 0 Å². The van der Waals surface area contributed by atoms with Gasteiger partial charge in [-0.15, -0.1) is 0 Å². The van der Waals surface area contributed by atoms with Crippen molar-refractivity contribution in [3.8, 4) is 23.0 Å². The summed E-state index contributed by atoms with van der Waals surface area (Å²) in [6, 6.07) is 12.5. The van der Waals surface area contributed by atoms with Gasteiger partial charge in [0.1, 0.15) is 0 Å². The highest BCUT2D eigenvalue weighted by atomic mass is 16.2. The van der Waals surface area contributed by atoms with Gasteiger partial charge in [-0.2, -0.15) is 5.26 Å². The van der Waals surface area contributed by atoms with Gasteiger partial charge >= 0.3 is 0 Å². The molecule has 27 heavy (non-hydrogen) atoms. The Labute approximate surface area is 155 Å². The molecule has 1 fully saturated rings. The molecule has 1 aromatic carbocycles. The maximum Gasteiger partial charge on any atom is 0.280 e. The molecule has 1 amide bonds. The second-order valence-corrected chi connectivity index (χ2v) is 6.57. The SMILES string of the molecule is CN(C(=O)c1ccc(-n2[nH]cc(-c3ccc(C#N)cc3)c2=O)nc1)C1CC1. The molecule has 7 nitrogen and oxygen atoms in total. The second-order valence-electron chi connectivity index (χ2n) is 6.57. The predicted octanol–water partition coefficient (Wildman–Crippen LogP) is 2.33. The maximum atomic E-state index is 12.7. The molecule has 0 spiro atoms. The van der Waals surface area contributed by atoms with Crippen molar-refractivity contribution in [2.75, 3.05) is 7.05 Å². The fraction of sp³-hybridized carbons (Fsp3) is 0.200. The van der Waals surface area contributed by atoms with Gasteiger partial charge in [0.05, 0.1) is 22.8 Å². The topological polar surface area (TPSA) is 94.8 Å². The molecule has 0 radical (unpaired) electrons. The number of nitrogens with zero attached hydrogens (tertiary/aromatic N) is 4. The molecular formula is C20H17N5O2. The van der Waals surface area contributed by atoms with Crippen molar-refractivity contribution in [3.05, 3.63) is 70.3 Å². The molecule has 134 valence electrons. The average molecular weight is 359 g/mol. The van der Waals surface area contributed by atoms with E-state index in [2.05, 4.69) is 16.2 Å². The van der Waals surface area contributed by atoms with E-state index in [1.165, 1.54) is 10.9 Å². The molecule has 4 rings (SSSR count). The first-order valence-corrected chi connectivity index (χ1v) is 8.63. The number of carbonyl (C=O) groups excluding carboxylic acids is 1. The Bertz CT molecular complexity index is 1080. The number of carbonyl (C=O) groups is 1. The van der Waals surface area contributed by atoms with Gasteiger partial charge in [-0.1, -0.05) is 12.1 Å². The van der Waals surface area contributed by atoms with Gasteiger partial charge in [0, 0.05) is 25.5 Å². The third-order valence-electron chi connectivity index (χ3n) is 4.74. The number of H-pyrrole nitrogens is 1. The zero-order chi connectivity index (χ0) is 19.0. The van der Waals surface area contributed by atoms with E-state index < -0.39 is 0 Å². The normalized spacial score (nSPS) is 13.2. The zero-order valence-corrected chi connectivity index (χ0v) is 14.7. The van der Waals surface area contributed by atoms with Crippen LogP contribution in [0.15, 0.2) is 53.6 Å². The molecule has 0 aliphatic heterocycles. The summed E-state index contributed by atoms with van der Waals surface area (Å²) in [5.74, 6) is 0.346. The molecule has 2 aromatic heterocycles. The summed E-state index contributed by atoms with van der Waals surface area (Å²) < 4.78 is 1.33. The summed E-state index contributed by atoms with van der Waals surface area (Å²) in [4.78, 5) is 31.1. The van der Waals surface area contributed by atoms with Crippen LogP contribution in [-0.2, 0) is 0 Å². The Kier molecular flexibility index (Phi) is 4.09. The van der Waals surface area contributed by atoms with Crippen LogP contribution in [0.3, 0.4) is 0 Å². The van der Waals surface area contributed by atoms with Gasteiger partial charge in [-0.05, 0) is 42.7 Å². The smallest absolute Gasteiger partial charge is 0.280 e. The van der Waals surface area contributed by atoms with Gasteiger partial charge in [0.15, 0.2) is 5.82 Å². The molecule has 7 heteroatoms. The summed E-state index contributed by atoms with van der Waals surface area (Å²) in [5, 5.41) is 11.8. The van der Waals surface area contributed by atoms with Crippen LogP contribution in [-0.4, -0.2) is 38.7 Å². The van der Waals surface area contributed by atoms with E-state index in [-0.39, 0.29) is 11.5 Å². The van der Waals surface area contributed by atoms with E-state index in [1.807, 2.05) is 0 Å². The van der Waals surface area contributed by atoms with Gasteiger partial charge in [-0.3, -0.25) is 14.7 Å². The quantitative estimate of drug-likeness (QED) is 0.773. The Balaban J connectivity index is 1.60. The third-order valence-corrected chi connectivity index (χ3v) is 4.74. The first-order valence-electron chi connectivity index (χ1n) is 8.63. The molecule has 0 saturated heterocycles. The zero-order valence-electron chi connectivity index (χ0n) is 14.7. The Morgan fingerprint density at radius 1 is 1.26 bits per heavy atom. The van der Waals surface area contributed by atoms with Crippen LogP contribution in [0.5, 0.6) is 0 Å². The summed E-state index contributed by atoms with van der Waals surface area (Å²) in [6.45, 7) is 0. The lowest BCUT2D eigenvalue weighted by Crippen LogP contribution is -2.28. The monoisotopic (exact) mass is 359 g/mol. The van der Waals surface area contributed by atoms with Gasteiger partial charge in [0.25, 0.3) is 11.5 Å². The summed E-state index contributed by atoms with van der Waals surface area (Å²) in [6.07, 6.45) is 5.18. The second kappa shape index (κ2) is 6.57. The number of nitriles is 1. The van der Waals surface area contributed by atoms with Gasteiger partial charge in [-0.25, -0.2) is 9.67 Å². The fourth-order valence-electron chi connectivity index (χ4n) is 2.95. The van der Waals surface area contributed by atoms with Crippen LogP contribution in [0, 0.1) is 11.3 Å². The molecule has 1 saturated carbocycles. The molecule has 1 aliphatic carbocycles. The summed E-state index contributed by atoms with van der Waals surface area (Å²) in [7, 11) is 1.80. The van der Waals surface area contributed by atoms with Crippen molar-refractivity contribution < 1.29 is 4.79 Å². The van der Waals surface area contributed by atoms with Crippen molar-refractivity contribution in [1.82, 2.24) is 19.7 Å². The average Bonchev–Trinajstić information content (AvgIpc) is 3.49. The number of aromatic nitrogens is 3. The molecule has 1 N–H and O–H groups in total. The van der Waals surface area contributed by atoms with E-state index in [9.17, 15) is 9.59 Å². The van der Waals surface area contributed by atoms with E-state index in [0.29, 0.717) is 34.1 Å². The van der Waals surface area contributed by atoms with E-state index >= 15 is 0 Å². The maximum absolute atomic E-state index is 12.7.